The minimum atomic E-state index is -3.39. The second-order valence-electron chi connectivity index (χ2n) is 5.51. The molecule has 0 radical (unpaired) electrons. The first-order valence-corrected chi connectivity index (χ1v) is 8.98. The highest BCUT2D eigenvalue weighted by Gasteiger charge is 2.39. The second kappa shape index (κ2) is 6.13. The zero-order chi connectivity index (χ0) is 16.4. The van der Waals surface area contributed by atoms with Crippen LogP contribution in [0.4, 0.5) is 0 Å². The molecule has 0 aliphatic carbocycles. The molecule has 1 fully saturated rings. The third-order valence-electron chi connectivity index (χ3n) is 3.79. The lowest BCUT2D eigenvalue weighted by atomic mass is 10.1. The van der Waals surface area contributed by atoms with E-state index in [0.717, 1.165) is 0 Å². The number of pyridine rings is 1. The molecule has 8 heteroatoms. The molecule has 0 saturated carbocycles. The Morgan fingerprint density at radius 3 is 2.74 bits per heavy atom. The summed E-state index contributed by atoms with van der Waals surface area (Å²) in [5.41, 5.74) is 1.15. The third kappa shape index (κ3) is 3.43. The molecule has 2 aromatic heterocycles. The largest absolute Gasteiger partial charge is 0.472 e. The number of amides is 1. The van der Waals surface area contributed by atoms with Crippen molar-refractivity contribution in [3.05, 3.63) is 54.2 Å². The first-order valence-electron chi connectivity index (χ1n) is 7.13. The summed E-state index contributed by atoms with van der Waals surface area (Å²) in [6.45, 7) is 0.936. The summed E-state index contributed by atoms with van der Waals surface area (Å²) in [6, 6.07) is 6.74. The number of furan rings is 1. The Bertz CT molecular complexity index is 768. The summed E-state index contributed by atoms with van der Waals surface area (Å²) in [5, 5.41) is 0. The second-order valence-corrected chi connectivity index (χ2v) is 7.44. The van der Waals surface area contributed by atoms with Crippen molar-refractivity contribution in [2.45, 2.75) is 12.6 Å². The first kappa shape index (κ1) is 15.7. The van der Waals surface area contributed by atoms with E-state index in [1.807, 2.05) is 6.07 Å². The highest BCUT2D eigenvalue weighted by atomic mass is 32.2. The van der Waals surface area contributed by atoms with Crippen LogP contribution in [0.3, 0.4) is 0 Å². The van der Waals surface area contributed by atoms with Crippen LogP contribution >= 0.6 is 0 Å². The average Bonchev–Trinajstić information content (AvgIpc) is 2.98. The number of hydrogen-bond acceptors (Lipinski definition) is 5. The maximum absolute atomic E-state index is 12.1. The van der Waals surface area contributed by atoms with Gasteiger partial charge in [-0.15, -0.1) is 0 Å². The third-order valence-corrected chi connectivity index (χ3v) is 5.07. The van der Waals surface area contributed by atoms with Gasteiger partial charge in [0.1, 0.15) is 6.26 Å². The van der Waals surface area contributed by atoms with Gasteiger partial charge < -0.3 is 9.32 Å². The Kier molecular flexibility index (Phi) is 4.18. The minimum absolute atomic E-state index is 0.152. The van der Waals surface area contributed by atoms with Gasteiger partial charge in [-0.05, 0) is 18.2 Å². The molecule has 0 spiro atoms. The molecule has 0 aromatic carbocycles. The zero-order valence-corrected chi connectivity index (χ0v) is 13.4. The number of carbonyl (C=O) groups is 1. The van der Waals surface area contributed by atoms with Gasteiger partial charge in [0.2, 0.25) is 10.0 Å². The van der Waals surface area contributed by atoms with Crippen LogP contribution in [-0.2, 0) is 16.6 Å². The molecule has 23 heavy (non-hydrogen) atoms. The maximum atomic E-state index is 12.1. The number of hydrogen-bond donors (Lipinski definition) is 0. The van der Waals surface area contributed by atoms with Crippen molar-refractivity contribution in [1.82, 2.24) is 14.2 Å². The summed E-state index contributed by atoms with van der Waals surface area (Å²) in [4.78, 5) is 17.9. The number of aromatic nitrogens is 1. The summed E-state index contributed by atoms with van der Waals surface area (Å²) in [5.74, 6) is -0.152. The van der Waals surface area contributed by atoms with Crippen molar-refractivity contribution in [2.24, 2.45) is 0 Å². The molecule has 1 saturated heterocycles. The van der Waals surface area contributed by atoms with E-state index in [-0.39, 0.29) is 18.5 Å². The molecule has 1 amide bonds. The fraction of sp³-hybridized carbons (Fsp3) is 0.333. The number of sulfonamides is 1. The standard InChI is InChI=1S/C15H17N3O4S/c1-23(20,21)18(8-13-4-2-3-6-16-13)14-9-17(10-14)15(19)12-5-7-22-11-12/h2-7,11,14H,8-10H2,1H3. The SMILES string of the molecule is CS(=O)(=O)N(Cc1ccccn1)C1CN(C(=O)c2ccoc2)C1. The van der Waals surface area contributed by atoms with Crippen molar-refractivity contribution in [1.29, 1.82) is 0 Å². The summed E-state index contributed by atoms with van der Waals surface area (Å²) in [6.07, 6.45) is 5.63. The van der Waals surface area contributed by atoms with Gasteiger partial charge in [0.05, 0.1) is 36.4 Å². The van der Waals surface area contributed by atoms with E-state index >= 15 is 0 Å². The van der Waals surface area contributed by atoms with Crippen LogP contribution in [0, 0.1) is 0 Å². The molecule has 0 bridgehead atoms. The van der Waals surface area contributed by atoms with E-state index in [1.54, 1.807) is 29.3 Å². The van der Waals surface area contributed by atoms with Gasteiger partial charge in [-0.3, -0.25) is 9.78 Å². The highest BCUT2D eigenvalue weighted by molar-refractivity contribution is 7.88. The molecule has 2 aromatic rings. The Balaban J connectivity index is 1.68. The predicted molar refractivity (Wildman–Crippen MR) is 83.0 cm³/mol. The Labute approximate surface area is 134 Å². The van der Waals surface area contributed by atoms with Gasteiger partial charge in [-0.25, -0.2) is 8.42 Å². The first-order chi connectivity index (χ1) is 10.9. The van der Waals surface area contributed by atoms with E-state index < -0.39 is 10.0 Å². The minimum Gasteiger partial charge on any atom is -0.472 e. The Morgan fingerprint density at radius 2 is 2.17 bits per heavy atom. The zero-order valence-electron chi connectivity index (χ0n) is 12.6. The fourth-order valence-electron chi connectivity index (χ4n) is 2.54. The van der Waals surface area contributed by atoms with Crippen LogP contribution in [0.2, 0.25) is 0 Å². The van der Waals surface area contributed by atoms with Gasteiger partial charge in [0, 0.05) is 19.3 Å². The summed E-state index contributed by atoms with van der Waals surface area (Å²) >= 11 is 0. The maximum Gasteiger partial charge on any atom is 0.257 e. The van der Waals surface area contributed by atoms with Crippen LogP contribution in [0.5, 0.6) is 0 Å². The number of nitrogens with zero attached hydrogens (tertiary/aromatic N) is 3. The van der Waals surface area contributed by atoms with Crippen LogP contribution in [0.25, 0.3) is 0 Å². The molecule has 0 unspecified atom stereocenters. The lowest BCUT2D eigenvalue weighted by Crippen LogP contribution is -2.61. The summed E-state index contributed by atoms with van der Waals surface area (Å²) < 4.78 is 30.4. The molecule has 7 nitrogen and oxygen atoms in total. The van der Waals surface area contributed by atoms with E-state index in [4.69, 9.17) is 4.42 Å². The number of carbonyl (C=O) groups excluding carboxylic acids is 1. The monoisotopic (exact) mass is 335 g/mol. The molecule has 3 rings (SSSR count). The number of likely N-dealkylation sites (tertiary alicyclic amines) is 1. The quantitative estimate of drug-likeness (QED) is 0.813. The van der Waals surface area contributed by atoms with Gasteiger partial charge in [0.15, 0.2) is 0 Å². The Morgan fingerprint density at radius 1 is 1.39 bits per heavy atom. The molecule has 1 aliphatic heterocycles. The summed E-state index contributed by atoms with van der Waals surface area (Å²) in [7, 11) is -3.39. The predicted octanol–water partition coefficient (Wildman–Crippen LogP) is 0.961. The molecule has 1 aliphatic rings. The smallest absolute Gasteiger partial charge is 0.257 e. The van der Waals surface area contributed by atoms with Crippen LogP contribution < -0.4 is 0 Å². The molecular formula is C15H17N3O4S. The van der Waals surface area contributed by atoms with Gasteiger partial charge >= 0.3 is 0 Å². The van der Waals surface area contributed by atoms with Crippen molar-refractivity contribution in [3.8, 4) is 0 Å². The van der Waals surface area contributed by atoms with E-state index in [9.17, 15) is 13.2 Å². The van der Waals surface area contributed by atoms with Gasteiger partial charge in [0.25, 0.3) is 5.91 Å². The lowest BCUT2D eigenvalue weighted by Gasteiger charge is -2.44. The van der Waals surface area contributed by atoms with E-state index in [2.05, 4.69) is 4.98 Å². The molecule has 3 heterocycles. The highest BCUT2D eigenvalue weighted by Crippen LogP contribution is 2.22. The molecule has 0 N–H and O–H groups in total. The van der Waals surface area contributed by atoms with Crippen molar-refractivity contribution in [3.63, 3.8) is 0 Å². The average molecular weight is 335 g/mol. The van der Waals surface area contributed by atoms with Crippen LogP contribution in [-0.4, -0.2) is 53.9 Å². The molecule has 122 valence electrons. The van der Waals surface area contributed by atoms with Gasteiger partial charge in [-0.2, -0.15) is 4.31 Å². The normalized spacial score (nSPS) is 15.7. The number of rotatable bonds is 5. The Hall–Kier alpha value is -2.19. The van der Waals surface area contributed by atoms with E-state index in [0.29, 0.717) is 24.3 Å². The molecule has 0 atom stereocenters. The van der Waals surface area contributed by atoms with Crippen molar-refractivity contribution >= 4 is 15.9 Å². The lowest BCUT2D eigenvalue weighted by molar-refractivity contribution is 0.0441. The van der Waals surface area contributed by atoms with E-state index in [1.165, 1.54) is 23.1 Å². The van der Waals surface area contributed by atoms with Crippen LogP contribution in [0.1, 0.15) is 16.1 Å². The van der Waals surface area contributed by atoms with Crippen molar-refractivity contribution in [2.75, 3.05) is 19.3 Å². The molecular weight excluding hydrogens is 318 g/mol. The van der Waals surface area contributed by atoms with Gasteiger partial charge in [-0.1, -0.05) is 6.07 Å². The van der Waals surface area contributed by atoms with Crippen LogP contribution in [0.15, 0.2) is 47.4 Å². The van der Waals surface area contributed by atoms with Crippen molar-refractivity contribution < 1.29 is 17.6 Å². The topological polar surface area (TPSA) is 83.7 Å². The fourth-order valence-corrected chi connectivity index (χ4v) is 3.58.